The molecule has 0 aromatic carbocycles. The van der Waals surface area contributed by atoms with Crippen molar-refractivity contribution in [3.05, 3.63) is 11.9 Å². The van der Waals surface area contributed by atoms with Crippen molar-refractivity contribution in [2.24, 2.45) is 7.05 Å². The molecule has 1 unspecified atom stereocenters. The summed E-state index contributed by atoms with van der Waals surface area (Å²) < 4.78 is 7.61. The van der Waals surface area contributed by atoms with Crippen LogP contribution in [0.25, 0.3) is 0 Å². The van der Waals surface area contributed by atoms with Gasteiger partial charge in [-0.25, -0.2) is 4.98 Å². The molecule has 0 radical (unpaired) electrons. The number of ether oxygens (including phenoxy) is 1. The Hall–Kier alpha value is -0.190. The number of aromatic nitrogens is 2. The number of thioether (sulfide) groups is 1. The summed E-state index contributed by atoms with van der Waals surface area (Å²) in [6.07, 6.45) is 4.62. The average molecular weight is 247 g/mol. The molecule has 1 aliphatic rings. The Kier molecular flexibility index (Phi) is 3.94. The van der Waals surface area contributed by atoms with Crippen LogP contribution in [0.1, 0.15) is 18.5 Å². The van der Waals surface area contributed by atoms with Crippen molar-refractivity contribution in [1.82, 2.24) is 9.55 Å². The quantitative estimate of drug-likeness (QED) is 0.603. The van der Waals surface area contributed by atoms with E-state index >= 15 is 0 Å². The van der Waals surface area contributed by atoms with Crippen LogP contribution in [0.4, 0.5) is 0 Å². The Morgan fingerprint density at radius 1 is 1.73 bits per heavy atom. The van der Waals surface area contributed by atoms with Crippen LogP contribution < -0.4 is 0 Å². The molecule has 1 fully saturated rings. The van der Waals surface area contributed by atoms with Crippen LogP contribution >= 0.6 is 23.4 Å². The van der Waals surface area contributed by atoms with Gasteiger partial charge in [0.2, 0.25) is 0 Å². The lowest BCUT2D eigenvalue weighted by molar-refractivity contribution is 0.129. The molecule has 0 spiro atoms. The Balaban J connectivity index is 1.89. The largest absolute Gasteiger partial charge is 0.377 e. The van der Waals surface area contributed by atoms with Crippen LogP contribution in [0.5, 0.6) is 0 Å². The molecular weight excluding hydrogens is 232 g/mol. The minimum atomic E-state index is 0.408. The molecule has 1 atom stereocenters. The fourth-order valence-corrected chi connectivity index (χ4v) is 2.91. The van der Waals surface area contributed by atoms with Crippen LogP contribution in [0.2, 0.25) is 0 Å². The molecule has 2 heterocycles. The number of hydrogen-bond donors (Lipinski definition) is 0. The summed E-state index contributed by atoms with van der Waals surface area (Å²) in [6, 6.07) is 0. The van der Waals surface area contributed by atoms with Gasteiger partial charge >= 0.3 is 0 Å². The summed E-state index contributed by atoms with van der Waals surface area (Å²) in [6.45, 7) is 0.915. The standard InChI is InChI=1S/C10H15ClN2OS/c1-13-8(5-11)6-12-10(13)15-7-9-3-2-4-14-9/h6,9H,2-5,7H2,1H3. The second-order valence-corrected chi connectivity index (χ2v) is 4.93. The summed E-state index contributed by atoms with van der Waals surface area (Å²) in [4.78, 5) is 4.33. The minimum Gasteiger partial charge on any atom is -0.377 e. The third-order valence-corrected chi connectivity index (χ3v) is 4.05. The molecule has 0 aliphatic carbocycles. The van der Waals surface area contributed by atoms with Crippen molar-refractivity contribution in [3.8, 4) is 0 Å². The molecule has 3 nitrogen and oxygen atoms in total. The zero-order chi connectivity index (χ0) is 10.7. The maximum absolute atomic E-state index is 5.78. The van der Waals surface area contributed by atoms with Gasteiger partial charge in [0.1, 0.15) is 0 Å². The van der Waals surface area contributed by atoms with Gasteiger partial charge in [-0.15, -0.1) is 11.6 Å². The number of halogens is 1. The summed E-state index contributed by atoms with van der Waals surface area (Å²) in [5, 5.41) is 1.03. The number of imidazole rings is 1. The van der Waals surface area contributed by atoms with E-state index in [1.807, 2.05) is 17.8 Å². The Morgan fingerprint density at radius 2 is 2.60 bits per heavy atom. The maximum Gasteiger partial charge on any atom is 0.168 e. The lowest BCUT2D eigenvalue weighted by Crippen LogP contribution is -2.08. The van der Waals surface area contributed by atoms with Crippen molar-refractivity contribution in [3.63, 3.8) is 0 Å². The third-order valence-electron chi connectivity index (χ3n) is 2.60. The molecule has 1 aromatic rings. The molecular formula is C10H15ClN2OS. The van der Waals surface area contributed by atoms with E-state index in [9.17, 15) is 0 Å². The van der Waals surface area contributed by atoms with Gasteiger partial charge in [-0.2, -0.15) is 0 Å². The van der Waals surface area contributed by atoms with Gasteiger partial charge in [0.25, 0.3) is 0 Å². The summed E-state index contributed by atoms with van der Waals surface area (Å²) >= 11 is 7.53. The Bertz CT molecular complexity index is 323. The average Bonchev–Trinajstić information content (AvgIpc) is 2.85. The fourth-order valence-electron chi connectivity index (χ4n) is 1.63. The van der Waals surface area contributed by atoms with Gasteiger partial charge in [-0.05, 0) is 12.8 Å². The zero-order valence-corrected chi connectivity index (χ0v) is 10.4. The Morgan fingerprint density at radius 3 is 3.20 bits per heavy atom. The van der Waals surface area contributed by atoms with E-state index in [4.69, 9.17) is 16.3 Å². The monoisotopic (exact) mass is 246 g/mol. The zero-order valence-electron chi connectivity index (χ0n) is 8.78. The van der Waals surface area contributed by atoms with Crippen molar-refractivity contribution in [1.29, 1.82) is 0 Å². The summed E-state index contributed by atoms with van der Waals surface area (Å²) in [5.41, 5.74) is 1.06. The summed E-state index contributed by atoms with van der Waals surface area (Å²) in [7, 11) is 2.00. The topological polar surface area (TPSA) is 27.1 Å². The van der Waals surface area contributed by atoms with Crippen molar-refractivity contribution in [2.45, 2.75) is 30.0 Å². The molecule has 5 heteroatoms. The maximum atomic E-state index is 5.78. The minimum absolute atomic E-state index is 0.408. The number of rotatable bonds is 4. The molecule has 15 heavy (non-hydrogen) atoms. The van der Waals surface area contributed by atoms with Crippen LogP contribution in [0.15, 0.2) is 11.4 Å². The van der Waals surface area contributed by atoms with Crippen LogP contribution in [-0.4, -0.2) is 28.0 Å². The lowest BCUT2D eigenvalue weighted by Gasteiger charge is -2.08. The second-order valence-electron chi connectivity index (χ2n) is 3.67. The van der Waals surface area contributed by atoms with Crippen molar-refractivity contribution < 1.29 is 4.74 Å². The van der Waals surface area contributed by atoms with Gasteiger partial charge in [-0.1, -0.05) is 11.8 Å². The smallest absolute Gasteiger partial charge is 0.168 e. The number of alkyl halides is 1. The highest BCUT2D eigenvalue weighted by atomic mass is 35.5. The molecule has 1 aromatic heterocycles. The van der Waals surface area contributed by atoms with E-state index in [0.29, 0.717) is 12.0 Å². The molecule has 0 N–H and O–H groups in total. The molecule has 2 rings (SSSR count). The van der Waals surface area contributed by atoms with E-state index in [2.05, 4.69) is 4.98 Å². The van der Waals surface area contributed by atoms with Gasteiger partial charge in [-0.3, -0.25) is 0 Å². The van der Waals surface area contributed by atoms with Gasteiger partial charge in [0, 0.05) is 19.4 Å². The first-order valence-electron chi connectivity index (χ1n) is 5.12. The third kappa shape index (κ3) is 2.68. The first-order valence-corrected chi connectivity index (χ1v) is 6.64. The molecule has 0 amide bonds. The highest BCUT2D eigenvalue weighted by Gasteiger charge is 2.17. The highest BCUT2D eigenvalue weighted by molar-refractivity contribution is 7.99. The van der Waals surface area contributed by atoms with Crippen molar-refractivity contribution in [2.75, 3.05) is 12.4 Å². The van der Waals surface area contributed by atoms with E-state index in [1.54, 1.807) is 11.8 Å². The van der Waals surface area contributed by atoms with Gasteiger partial charge in [0.15, 0.2) is 5.16 Å². The molecule has 1 aliphatic heterocycles. The second kappa shape index (κ2) is 5.23. The fraction of sp³-hybridized carbons (Fsp3) is 0.700. The Labute approximate surface area is 99.2 Å². The van der Waals surface area contributed by atoms with Gasteiger partial charge in [0.05, 0.1) is 23.9 Å². The molecule has 1 saturated heterocycles. The number of hydrogen-bond acceptors (Lipinski definition) is 3. The van der Waals surface area contributed by atoms with E-state index < -0.39 is 0 Å². The molecule has 0 bridgehead atoms. The normalized spacial score (nSPS) is 21.1. The molecule has 0 saturated carbocycles. The first-order chi connectivity index (χ1) is 7.31. The van der Waals surface area contributed by atoms with Crippen LogP contribution in [0.3, 0.4) is 0 Å². The van der Waals surface area contributed by atoms with E-state index in [0.717, 1.165) is 23.2 Å². The van der Waals surface area contributed by atoms with Crippen LogP contribution in [-0.2, 0) is 17.7 Å². The SMILES string of the molecule is Cn1c(CCl)cnc1SCC1CCCO1. The molecule has 84 valence electrons. The first kappa shape index (κ1) is 11.3. The predicted octanol–water partition coefficient (Wildman–Crippen LogP) is 2.43. The summed E-state index contributed by atoms with van der Waals surface area (Å²) in [5.74, 6) is 1.51. The van der Waals surface area contributed by atoms with E-state index in [-0.39, 0.29) is 0 Å². The van der Waals surface area contributed by atoms with Crippen molar-refractivity contribution >= 4 is 23.4 Å². The lowest BCUT2D eigenvalue weighted by atomic mass is 10.3. The van der Waals surface area contributed by atoms with Gasteiger partial charge < -0.3 is 9.30 Å². The van der Waals surface area contributed by atoms with E-state index in [1.165, 1.54) is 12.8 Å². The highest BCUT2D eigenvalue weighted by Crippen LogP contribution is 2.23. The predicted molar refractivity (Wildman–Crippen MR) is 62.5 cm³/mol. The van der Waals surface area contributed by atoms with Crippen LogP contribution in [0, 0.1) is 0 Å². The number of nitrogens with zero attached hydrogens (tertiary/aromatic N) is 2.